The summed E-state index contributed by atoms with van der Waals surface area (Å²) in [7, 11) is 0. The van der Waals surface area contributed by atoms with Gasteiger partial charge in [0.25, 0.3) is 0 Å². The molecule has 0 saturated carbocycles. The van der Waals surface area contributed by atoms with Gasteiger partial charge in [0.05, 0.1) is 11.3 Å². The first kappa shape index (κ1) is 13.6. The SMILES string of the molecule is CC(C)c1ccc(Nc2ccc(Br)cc2C#N)cc1. The highest BCUT2D eigenvalue weighted by Crippen LogP contribution is 2.25. The van der Waals surface area contributed by atoms with Gasteiger partial charge in [0.15, 0.2) is 0 Å². The van der Waals surface area contributed by atoms with Crippen LogP contribution in [-0.2, 0) is 0 Å². The first-order valence-corrected chi connectivity index (χ1v) is 6.96. The monoisotopic (exact) mass is 314 g/mol. The van der Waals surface area contributed by atoms with Gasteiger partial charge in [0.2, 0.25) is 0 Å². The molecule has 0 saturated heterocycles. The Morgan fingerprint density at radius 3 is 2.37 bits per heavy atom. The van der Waals surface area contributed by atoms with Crippen LogP contribution in [0.25, 0.3) is 0 Å². The van der Waals surface area contributed by atoms with Crippen LogP contribution in [0.3, 0.4) is 0 Å². The Balaban J connectivity index is 2.24. The Morgan fingerprint density at radius 1 is 1.11 bits per heavy atom. The molecule has 3 heteroatoms. The zero-order chi connectivity index (χ0) is 13.8. The maximum atomic E-state index is 9.13. The van der Waals surface area contributed by atoms with Crippen LogP contribution < -0.4 is 5.32 Å². The predicted octanol–water partition coefficient (Wildman–Crippen LogP) is 5.19. The van der Waals surface area contributed by atoms with E-state index in [4.69, 9.17) is 5.26 Å². The highest BCUT2D eigenvalue weighted by molar-refractivity contribution is 9.10. The minimum atomic E-state index is 0.524. The van der Waals surface area contributed by atoms with Crippen LogP contribution in [0.1, 0.15) is 30.9 Å². The number of nitrogens with zero attached hydrogens (tertiary/aromatic N) is 1. The van der Waals surface area contributed by atoms with Crippen molar-refractivity contribution in [2.24, 2.45) is 0 Å². The van der Waals surface area contributed by atoms with Gasteiger partial charge in [-0.05, 0) is 41.8 Å². The van der Waals surface area contributed by atoms with Gasteiger partial charge in [-0.15, -0.1) is 0 Å². The summed E-state index contributed by atoms with van der Waals surface area (Å²) in [4.78, 5) is 0. The van der Waals surface area contributed by atoms with Crippen LogP contribution in [0, 0.1) is 11.3 Å². The van der Waals surface area contributed by atoms with Crippen LogP contribution in [0.2, 0.25) is 0 Å². The van der Waals surface area contributed by atoms with Gasteiger partial charge in [0, 0.05) is 10.2 Å². The summed E-state index contributed by atoms with van der Waals surface area (Å²) < 4.78 is 0.907. The summed E-state index contributed by atoms with van der Waals surface area (Å²) in [6.45, 7) is 4.34. The summed E-state index contributed by atoms with van der Waals surface area (Å²) in [5, 5.41) is 12.4. The fourth-order valence-electron chi connectivity index (χ4n) is 1.82. The number of nitrogens with one attached hydrogen (secondary N) is 1. The number of hydrogen-bond donors (Lipinski definition) is 1. The summed E-state index contributed by atoms with van der Waals surface area (Å²) in [6, 6.07) is 16.1. The van der Waals surface area contributed by atoms with Crippen LogP contribution in [0.15, 0.2) is 46.9 Å². The lowest BCUT2D eigenvalue weighted by Gasteiger charge is -2.10. The number of halogens is 1. The van der Waals surface area contributed by atoms with Crippen LogP contribution >= 0.6 is 15.9 Å². The number of nitriles is 1. The molecule has 0 spiro atoms. The van der Waals surface area contributed by atoms with Crippen molar-refractivity contribution in [1.29, 1.82) is 5.26 Å². The van der Waals surface area contributed by atoms with E-state index in [0.717, 1.165) is 15.8 Å². The van der Waals surface area contributed by atoms with Crippen molar-refractivity contribution in [3.8, 4) is 6.07 Å². The first-order valence-electron chi connectivity index (χ1n) is 6.17. The Morgan fingerprint density at radius 2 is 1.79 bits per heavy atom. The molecular weight excluding hydrogens is 300 g/mol. The van der Waals surface area contributed by atoms with E-state index in [-0.39, 0.29) is 0 Å². The van der Waals surface area contributed by atoms with Gasteiger partial charge in [-0.1, -0.05) is 41.9 Å². The smallest absolute Gasteiger partial charge is 0.101 e. The van der Waals surface area contributed by atoms with Crippen molar-refractivity contribution in [2.45, 2.75) is 19.8 Å². The van der Waals surface area contributed by atoms with Crippen LogP contribution in [-0.4, -0.2) is 0 Å². The van der Waals surface area contributed by atoms with E-state index in [9.17, 15) is 0 Å². The molecule has 1 N–H and O–H groups in total. The minimum Gasteiger partial charge on any atom is -0.354 e. The van der Waals surface area contributed by atoms with Crippen molar-refractivity contribution < 1.29 is 0 Å². The molecule has 2 nitrogen and oxygen atoms in total. The Bertz CT molecular complexity index is 610. The molecule has 0 aliphatic rings. The molecule has 0 bridgehead atoms. The van der Waals surface area contributed by atoms with E-state index >= 15 is 0 Å². The zero-order valence-electron chi connectivity index (χ0n) is 10.9. The third-order valence-corrected chi connectivity index (χ3v) is 3.45. The molecule has 0 atom stereocenters. The molecular formula is C16H15BrN2. The molecule has 19 heavy (non-hydrogen) atoms. The maximum absolute atomic E-state index is 9.13. The van der Waals surface area contributed by atoms with E-state index < -0.39 is 0 Å². The van der Waals surface area contributed by atoms with Gasteiger partial charge >= 0.3 is 0 Å². The number of rotatable bonds is 3. The van der Waals surface area contributed by atoms with Gasteiger partial charge < -0.3 is 5.32 Å². The quantitative estimate of drug-likeness (QED) is 0.846. The van der Waals surface area contributed by atoms with Crippen molar-refractivity contribution in [3.63, 3.8) is 0 Å². The van der Waals surface area contributed by atoms with Crippen molar-refractivity contribution in [3.05, 3.63) is 58.1 Å². The Labute approximate surface area is 122 Å². The topological polar surface area (TPSA) is 35.8 Å². The lowest BCUT2D eigenvalue weighted by Crippen LogP contribution is -1.94. The molecule has 0 unspecified atom stereocenters. The fraction of sp³-hybridized carbons (Fsp3) is 0.188. The average Bonchev–Trinajstić information content (AvgIpc) is 2.41. The van der Waals surface area contributed by atoms with E-state index in [0.29, 0.717) is 11.5 Å². The van der Waals surface area contributed by atoms with Crippen molar-refractivity contribution in [2.75, 3.05) is 5.32 Å². The normalized spacial score (nSPS) is 10.3. The molecule has 0 aromatic heterocycles. The van der Waals surface area contributed by atoms with Gasteiger partial charge in [-0.25, -0.2) is 0 Å². The largest absolute Gasteiger partial charge is 0.354 e. The fourth-order valence-corrected chi connectivity index (χ4v) is 2.19. The first-order chi connectivity index (χ1) is 9.10. The van der Waals surface area contributed by atoms with Crippen molar-refractivity contribution in [1.82, 2.24) is 0 Å². The van der Waals surface area contributed by atoms with Crippen molar-refractivity contribution >= 4 is 27.3 Å². The highest BCUT2D eigenvalue weighted by Gasteiger charge is 2.04. The lowest BCUT2D eigenvalue weighted by molar-refractivity contribution is 0.867. The second-order valence-corrected chi connectivity index (χ2v) is 5.62. The molecule has 0 heterocycles. The molecule has 96 valence electrons. The molecule has 2 rings (SSSR count). The highest BCUT2D eigenvalue weighted by atomic mass is 79.9. The van der Waals surface area contributed by atoms with E-state index in [1.165, 1.54) is 5.56 Å². The zero-order valence-corrected chi connectivity index (χ0v) is 12.5. The third kappa shape index (κ3) is 3.36. The summed E-state index contributed by atoms with van der Waals surface area (Å²) in [5.74, 6) is 0.524. The Hall–Kier alpha value is -1.79. The summed E-state index contributed by atoms with van der Waals surface area (Å²) in [6.07, 6.45) is 0. The van der Waals surface area contributed by atoms with E-state index in [1.54, 1.807) is 0 Å². The number of anilines is 2. The summed E-state index contributed by atoms with van der Waals surface area (Å²) >= 11 is 3.37. The van der Waals surface area contributed by atoms with Gasteiger partial charge in [-0.2, -0.15) is 5.26 Å². The minimum absolute atomic E-state index is 0.524. The van der Waals surface area contributed by atoms with Crippen LogP contribution in [0.4, 0.5) is 11.4 Å². The molecule has 0 aliphatic heterocycles. The molecule has 0 fully saturated rings. The molecule has 2 aromatic carbocycles. The second kappa shape index (κ2) is 5.90. The predicted molar refractivity (Wildman–Crippen MR) is 82.7 cm³/mol. The van der Waals surface area contributed by atoms with E-state index in [1.807, 2.05) is 30.3 Å². The van der Waals surface area contributed by atoms with Crippen LogP contribution in [0.5, 0.6) is 0 Å². The standard InChI is InChI=1S/C16H15BrN2/c1-11(2)12-3-6-15(7-4-12)19-16-8-5-14(17)9-13(16)10-18/h3-9,11,19H,1-2H3. The molecule has 0 aliphatic carbocycles. The number of benzene rings is 2. The molecule has 0 radical (unpaired) electrons. The average molecular weight is 315 g/mol. The summed E-state index contributed by atoms with van der Waals surface area (Å²) in [5.41, 5.74) is 3.75. The third-order valence-electron chi connectivity index (χ3n) is 2.96. The Kier molecular flexibility index (Phi) is 4.24. The van der Waals surface area contributed by atoms with Gasteiger partial charge in [0.1, 0.15) is 6.07 Å². The molecule has 2 aromatic rings. The lowest BCUT2D eigenvalue weighted by atomic mass is 10.0. The van der Waals surface area contributed by atoms with E-state index in [2.05, 4.69) is 53.3 Å². The number of hydrogen-bond acceptors (Lipinski definition) is 2. The maximum Gasteiger partial charge on any atom is 0.101 e. The second-order valence-electron chi connectivity index (χ2n) is 4.70. The van der Waals surface area contributed by atoms with Gasteiger partial charge in [-0.3, -0.25) is 0 Å². The molecule has 0 amide bonds.